The van der Waals surface area contributed by atoms with Gasteiger partial charge >= 0.3 is 5.97 Å². The summed E-state index contributed by atoms with van der Waals surface area (Å²) in [6.45, 7) is 8.12. The van der Waals surface area contributed by atoms with E-state index in [0.717, 1.165) is 12.8 Å². The van der Waals surface area contributed by atoms with E-state index in [2.05, 4.69) is 32.9 Å². The number of aromatic carboxylic acids is 1. The molecule has 0 fully saturated rings. The number of carboxylic acids is 1. The molecule has 0 saturated carbocycles. The van der Waals surface area contributed by atoms with Crippen molar-refractivity contribution in [1.29, 1.82) is 0 Å². The van der Waals surface area contributed by atoms with Gasteiger partial charge in [-0.05, 0) is 77.6 Å². The van der Waals surface area contributed by atoms with Crippen molar-refractivity contribution in [3.8, 4) is 17.2 Å². The molecule has 202 valence electrons. The molecule has 2 heterocycles. The lowest BCUT2D eigenvalue weighted by molar-refractivity contribution is -0.0597. The lowest BCUT2D eigenvalue weighted by atomic mass is 9.84. The predicted molar refractivity (Wildman–Crippen MR) is 144 cm³/mol. The number of phenolic OH excluding ortho intramolecular Hbond substituents is 2. The van der Waals surface area contributed by atoms with E-state index in [1.807, 2.05) is 6.92 Å². The summed E-state index contributed by atoms with van der Waals surface area (Å²) in [5.41, 5.74) is 2.80. The number of hydrogen-bond acceptors (Lipinski definition) is 6. The summed E-state index contributed by atoms with van der Waals surface area (Å²) >= 11 is 0. The van der Waals surface area contributed by atoms with Gasteiger partial charge < -0.3 is 30.1 Å². The van der Waals surface area contributed by atoms with Crippen LogP contribution in [0.2, 0.25) is 0 Å². The third-order valence-electron chi connectivity index (χ3n) is 7.43. The first-order valence-corrected chi connectivity index (χ1v) is 12.8. The van der Waals surface area contributed by atoms with Gasteiger partial charge in [0.15, 0.2) is 0 Å². The van der Waals surface area contributed by atoms with Gasteiger partial charge in [-0.25, -0.2) is 4.79 Å². The van der Waals surface area contributed by atoms with Gasteiger partial charge in [-0.3, -0.25) is 4.79 Å². The van der Waals surface area contributed by atoms with Crippen LogP contribution in [0.4, 0.5) is 5.69 Å². The summed E-state index contributed by atoms with van der Waals surface area (Å²) in [4.78, 5) is 26.0. The number of amides is 1. The molecule has 4 N–H and O–H groups in total. The summed E-state index contributed by atoms with van der Waals surface area (Å²) in [5.74, 6) is -1.68. The van der Waals surface area contributed by atoms with Crippen molar-refractivity contribution in [2.24, 2.45) is 0 Å². The summed E-state index contributed by atoms with van der Waals surface area (Å²) in [7, 11) is 0. The highest BCUT2D eigenvalue weighted by Crippen LogP contribution is 2.47. The number of aliphatic hydroxyl groups is 1. The van der Waals surface area contributed by atoms with Gasteiger partial charge in [0.2, 0.25) is 0 Å². The molecule has 2 aromatic carbocycles. The molecule has 1 amide bonds. The number of rotatable bonds is 8. The number of ether oxygens (including phenoxy) is 1. The molecule has 2 unspecified atom stereocenters. The summed E-state index contributed by atoms with van der Waals surface area (Å²) < 4.78 is 6.39. The molecule has 0 spiro atoms. The molecule has 0 saturated heterocycles. The maximum Gasteiger partial charge on any atom is 0.335 e. The van der Waals surface area contributed by atoms with E-state index in [4.69, 9.17) is 4.74 Å². The number of nitrogens with zero attached hydrogens (tertiary/aromatic N) is 1. The number of anilines is 1. The van der Waals surface area contributed by atoms with Crippen molar-refractivity contribution in [3.63, 3.8) is 0 Å². The molecule has 0 aliphatic carbocycles. The lowest BCUT2D eigenvalue weighted by Crippen LogP contribution is -2.49. The lowest BCUT2D eigenvalue weighted by Gasteiger charge is -2.40. The van der Waals surface area contributed by atoms with Gasteiger partial charge in [-0.15, -0.1) is 0 Å². The van der Waals surface area contributed by atoms with E-state index in [1.54, 1.807) is 0 Å². The van der Waals surface area contributed by atoms with Gasteiger partial charge in [0.1, 0.15) is 22.8 Å². The van der Waals surface area contributed by atoms with Crippen molar-refractivity contribution >= 4 is 17.6 Å². The molecule has 8 heteroatoms. The van der Waals surface area contributed by atoms with Gasteiger partial charge in [0, 0.05) is 17.5 Å². The van der Waals surface area contributed by atoms with Crippen LogP contribution in [0.15, 0.2) is 47.6 Å². The Kier molecular flexibility index (Phi) is 7.56. The monoisotopic (exact) mass is 521 g/mol. The minimum Gasteiger partial charge on any atom is -0.508 e. The molecule has 38 heavy (non-hydrogen) atoms. The van der Waals surface area contributed by atoms with Crippen LogP contribution in [0.1, 0.15) is 85.2 Å². The number of hydrogen-bond donors (Lipinski definition) is 4. The van der Waals surface area contributed by atoms with Crippen LogP contribution in [0, 0.1) is 0 Å². The molecule has 4 rings (SSSR count). The Morgan fingerprint density at radius 3 is 2.53 bits per heavy atom. The number of fused-ring (bicyclic) bond motifs is 3. The van der Waals surface area contributed by atoms with Gasteiger partial charge in [0.05, 0.1) is 29.5 Å². The van der Waals surface area contributed by atoms with Gasteiger partial charge in [0.25, 0.3) is 5.91 Å². The van der Waals surface area contributed by atoms with Crippen LogP contribution in [0.25, 0.3) is 0 Å². The number of phenols is 2. The van der Waals surface area contributed by atoms with Crippen molar-refractivity contribution in [3.05, 3.63) is 69.8 Å². The van der Waals surface area contributed by atoms with Gasteiger partial charge in [-0.2, -0.15) is 0 Å². The smallest absolute Gasteiger partial charge is 0.335 e. The van der Waals surface area contributed by atoms with Crippen LogP contribution in [-0.4, -0.2) is 44.0 Å². The van der Waals surface area contributed by atoms with Crippen molar-refractivity contribution in [2.75, 3.05) is 4.90 Å². The molecule has 2 aliphatic rings. The number of carbonyl (C=O) groups excluding carboxylic acids is 1. The molecular formula is C30H35NO7. The van der Waals surface area contributed by atoms with E-state index in [9.17, 15) is 30.0 Å². The zero-order valence-electron chi connectivity index (χ0n) is 22.2. The standard InChI is InChI=1S/C30H35NO7/c1-17(2)7-5-8-18(3)9-6-12-30(4)26(34)15-21-25(33)14-20-22(27(21)38-30)16-31(28(20)35)23-13-19(29(36)37)10-11-24(23)32/h7,9-11,13-14,26,32-34H,5-6,8,12,15-16H2,1-4H3,(H,36,37). The number of aromatic hydroxyl groups is 2. The van der Waals surface area contributed by atoms with E-state index in [-0.39, 0.29) is 41.3 Å². The number of carboxylic acid groups (broad SMARTS) is 1. The van der Waals surface area contributed by atoms with Crippen LogP contribution < -0.4 is 9.64 Å². The first-order chi connectivity index (χ1) is 17.9. The number of benzene rings is 2. The largest absolute Gasteiger partial charge is 0.508 e. The number of carbonyl (C=O) groups is 2. The highest BCUT2D eigenvalue weighted by atomic mass is 16.5. The number of aliphatic hydroxyl groups excluding tert-OH is 1. The van der Waals surface area contributed by atoms with Crippen LogP contribution >= 0.6 is 0 Å². The van der Waals surface area contributed by atoms with E-state index in [0.29, 0.717) is 29.7 Å². The zero-order chi connectivity index (χ0) is 27.8. The Morgan fingerprint density at radius 1 is 1.11 bits per heavy atom. The Hall–Kier alpha value is -3.78. The average molecular weight is 522 g/mol. The SMILES string of the molecule is CC(C)=CCCC(C)=CCCC1(C)Oc2c(c(O)cc3c2CN(c2cc(C(=O)O)ccc2O)C3=O)CC1O. The number of allylic oxidation sites excluding steroid dienone is 4. The highest BCUT2D eigenvalue weighted by Gasteiger charge is 2.44. The first kappa shape index (κ1) is 27.3. The van der Waals surface area contributed by atoms with Gasteiger partial charge in [-0.1, -0.05) is 23.3 Å². The molecule has 2 atom stereocenters. The molecule has 2 aliphatic heterocycles. The Bertz CT molecular complexity index is 1340. The predicted octanol–water partition coefficient (Wildman–Crippen LogP) is 5.48. The van der Waals surface area contributed by atoms with E-state index >= 15 is 0 Å². The molecule has 0 bridgehead atoms. The summed E-state index contributed by atoms with van der Waals surface area (Å²) in [6.07, 6.45) is 6.86. The molecule has 2 aromatic rings. The third-order valence-corrected chi connectivity index (χ3v) is 7.43. The maximum atomic E-state index is 13.3. The van der Waals surface area contributed by atoms with Crippen molar-refractivity contribution in [1.82, 2.24) is 0 Å². The second-order valence-corrected chi connectivity index (χ2v) is 10.7. The minimum atomic E-state index is -1.18. The second-order valence-electron chi connectivity index (χ2n) is 10.7. The quantitative estimate of drug-likeness (QED) is 0.339. The van der Waals surface area contributed by atoms with Crippen LogP contribution in [0.3, 0.4) is 0 Å². The Morgan fingerprint density at radius 2 is 1.84 bits per heavy atom. The van der Waals surface area contributed by atoms with Crippen LogP contribution in [0.5, 0.6) is 17.2 Å². The average Bonchev–Trinajstić information content (AvgIpc) is 3.16. The maximum absolute atomic E-state index is 13.3. The fourth-order valence-corrected chi connectivity index (χ4v) is 5.07. The van der Waals surface area contributed by atoms with Crippen LogP contribution in [-0.2, 0) is 13.0 Å². The highest BCUT2D eigenvalue weighted by molar-refractivity contribution is 6.12. The van der Waals surface area contributed by atoms with Crippen molar-refractivity contribution in [2.45, 2.75) is 78.0 Å². The fourth-order valence-electron chi connectivity index (χ4n) is 5.07. The fraction of sp³-hybridized carbons (Fsp3) is 0.400. The second kappa shape index (κ2) is 10.5. The Balaban J connectivity index is 1.60. The molecule has 0 radical (unpaired) electrons. The van der Waals surface area contributed by atoms with Crippen molar-refractivity contribution < 1.29 is 34.8 Å². The first-order valence-electron chi connectivity index (χ1n) is 12.8. The minimum absolute atomic E-state index is 0.0307. The molecular weight excluding hydrogens is 486 g/mol. The van der Waals surface area contributed by atoms with E-state index < -0.39 is 23.6 Å². The molecule has 8 nitrogen and oxygen atoms in total. The summed E-state index contributed by atoms with van der Waals surface area (Å²) in [6, 6.07) is 5.10. The normalized spacial score (nSPS) is 20.6. The molecule has 0 aromatic heterocycles. The third kappa shape index (κ3) is 5.27. The van der Waals surface area contributed by atoms with E-state index in [1.165, 1.54) is 40.3 Å². The Labute approximate surface area is 222 Å². The summed E-state index contributed by atoms with van der Waals surface area (Å²) in [5, 5.41) is 41.5. The zero-order valence-corrected chi connectivity index (χ0v) is 22.2. The topological polar surface area (TPSA) is 128 Å².